The second-order valence-electron chi connectivity index (χ2n) is 3.18. The lowest BCUT2D eigenvalue weighted by Gasteiger charge is -2.31. The molecule has 0 radical (unpaired) electrons. The van der Waals surface area contributed by atoms with Gasteiger partial charge in [0.05, 0.1) is 23.0 Å². The van der Waals surface area contributed by atoms with Gasteiger partial charge in [-0.1, -0.05) is 0 Å². The largest absolute Gasteiger partial charge is 0.397 e. The van der Waals surface area contributed by atoms with E-state index in [0.29, 0.717) is 23.4 Å². The van der Waals surface area contributed by atoms with Gasteiger partial charge in [-0.25, -0.2) is 0 Å². The van der Waals surface area contributed by atoms with Crippen molar-refractivity contribution < 1.29 is 4.79 Å². The molecule has 0 bridgehead atoms. The number of hydrogen-bond donors (Lipinski definition) is 1. The van der Waals surface area contributed by atoms with E-state index in [4.69, 9.17) is 11.0 Å². The molecule has 4 heteroatoms. The van der Waals surface area contributed by atoms with Crippen molar-refractivity contribution in [1.29, 1.82) is 5.26 Å². The molecule has 0 unspecified atom stereocenters. The van der Waals surface area contributed by atoms with Crippen LogP contribution in [0.3, 0.4) is 0 Å². The van der Waals surface area contributed by atoms with Gasteiger partial charge in [-0.15, -0.1) is 0 Å². The third-order valence-electron chi connectivity index (χ3n) is 2.30. The second-order valence-corrected chi connectivity index (χ2v) is 3.18. The SMILES string of the molecule is N#Cc1ccc(N2CCC2=O)c(N)c1. The summed E-state index contributed by atoms with van der Waals surface area (Å²) in [6, 6.07) is 6.96. The topological polar surface area (TPSA) is 70.1 Å². The highest BCUT2D eigenvalue weighted by Gasteiger charge is 2.26. The zero-order valence-corrected chi connectivity index (χ0v) is 7.53. The van der Waals surface area contributed by atoms with Gasteiger partial charge in [-0.3, -0.25) is 4.79 Å². The quantitative estimate of drug-likeness (QED) is 0.524. The number of nitrogen functional groups attached to an aromatic ring is 1. The number of benzene rings is 1. The van der Waals surface area contributed by atoms with Crippen LogP contribution in [0, 0.1) is 11.3 Å². The van der Waals surface area contributed by atoms with Gasteiger partial charge >= 0.3 is 0 Å². The van der Waals surface area contributed by atoms with Crippen molar-refractivity contribution in [3.05, 3.63) is 23.8 Å². The molecule has 4 nitrogen and oxygen atoms in total. The number of nitriles is 1. The Morgan fingerprint density at radius 2 is 2.29 bits per heavy atom. The Morgan fingerprint density at radius 1 is 1.50 bits per heavy atom. The first-order valence-electron chi connectivity index (χ1n) is 4.32. The van der Waals surface area contributed by atoms with E-state index in [2.05, 4.69) is 0 Å². The number of rotatable bonds is 1. The summed E-state index contributed by atoms with van der Waals surface area (Å²) in [7, 11) is 0. The van der Waals surface area contributed by atoms with Gasteiger partial charge in [0, 0.05) is 13.0 Å². The molecule has 70 valence electrons. The average Bonchev–Trinajstić information content (AvgIpc) is 2.18. The minimum Gasteiger partial charge on any atom is -0.397 e. The summed E-state index contributed by atoms with van der Waals surface area (Å²) in [5.41, 5.74) is 7.43. The van der Waals surface area contributed by atoms with Crippen LogP contribution >= 0.6 is 0 Å². The summed E-state index contributed by atoms with van der Waals surface area (Å²) in [5, 5.41) is 8.63. The predicted molar refractivity (Wildman–Crippen MR) is 52.5 cm³/mol. The molecule has 1 heterocycles. The zero-order valence-electron chi connectivity index (χ0n) is 7.53. The lowest BCUT2D eigenvalue weighted by Crippen LogP contribution is -2.43. The van der Waals surface area contributed by atoms with Crippen LogP contribution < -0.4 is 10.6 Å². The van der Waals surface area contributed by atoms with Crippen molar-refractivity contribution in [3.8, 4) is 6.07 Å². The highest BCUT2D eigenvalue weighted by molar-refractivity contribution is 6.01. The Morgan fingerprint density at radius 3 is 2.71 bits per heavy atom. The highest BCUT2D eigenvalue weighted by Crippen LogP contribution is 2.28. The second kappa shape index (κ2) is 3.04. The molecule has 1 amide bonds. The Balaban J connectivity index is 2.36. The van der Waals surface area contributed by atoms with Gasteiger partial charge in [-0.05, 0) is 18.2 Å². The molecule has 1 aliphatic rings. The van der Waals surface area contributed by atoms with Crippen LogP contribution in [-0.2, 0) is 4.79 Å². The summed E-state index contributed by atoms with van der Waals surface area (Å²) in [6.07, 6.45) is 0.583. The summed E-state index contributed by atoms with van der Waals surface area (Å²) < 4.78 is 0. The summed E-state index contributed by atoms with van der Waals surface area (Å²) in [6.45, 7) is 0.717. The first kappa shape index (κ1) is 8.57. The summed E-state index contributed by atoms with van der Waals surface area (Å²) in [5.74, 6) is 0.0846. The van der Waals surface area contributed by atoms with Gasteiger partial charge in [-0.2, -0.15) is 5.26 Å². The number of carbonyl (C=O) groups excluding carboxylic acids is 1. The van der Waals surface area contributed by atoms with Gasteiger partial charge in [0.15, 0.2) is 0 Å². The maximum absolute atomic E-state index is 11.1. The molecule has 14 heavy (non-hydrogen) atoms. The molecule has 1 aromatic rings. The maximum Gasteiger partial charge on any atom is 0.228 e. The summed E-state index contributed by atoms with van der Waals surface area (Å²) in [4.78, 5) is 12.8. The van der Waals surface area contributed by atoms with Crippen LogP contribution in [0.25, 0.3) is 0 Å². The molecule has 0 saturated carbocycles. The van der Waals surface area contributed by atoms with Crippen LogP contribution in [0.1, 0.15) is 12.0 Å². The van der Waals surface area contributed by atoms with E-state index < -0.39 is 0 Å². The minimum atomic E-state index is 0.0846. The molecule has 1 aliphatic heterocycles. The average molecular weight is 187 g/mol. The van der Waals surface area contributed by atoms with E-state index in [1.807, 2.05) is 6.07 Å². The molecule has 0 atom stereocenters. The lowest BCUT2D eigenvalue weighted by atomic mass is 10.1. The number of amides is 1. The molecular weight excluding hydrogens is 178 g/mol. The zero-order chi connectivity index (χ0) is 10.1. The minimum absolute atomic E-state index is 0.0846. The molecule has 1 saturated heterocycles. The molecule has 0 aromatic heterocycles. The van der Waals surface area contributed by atoms with Gasteiger partial charge in [0.1, 0.15) is 0 Å². The van der Waals surface area contributed by atoms with Crippen molar-refractivity contribution in [2.45, 2.75) is 6.42 Å². The molecule has 2 rings (SSSR count). The van der Waals surface area contributed by atoms with Crippen LogP contribution in [0.4, 0.5) is 11.4 Å². The molecule has 2 N–H and O–H groups in total. The van der Waals surface area contributed by atoms with E-state index in [-0.39, 0.29) is 5.91 Å². The number of anilines is 2. The van der Waals surface area contributed by atoms with E-state index in [1.54, 1.807) is 23.1 Å². The van der Waals surface area contributed by atoms with Crippen molar-refractivity contribution in [1.82, 2.24) is 0 Å². The Hall–Kier alpha value is -2.02. The normalized spacial score (nSPS) is 14.8. The number of β-lactam (4-membered cyclic amide) rings is 1. The summed E-state index contributed by atoms with van der Waals surface area (Å²) >= 11 is 0. The Bertz CT molecular complexity index is 433. The van der Waals surface area contributed by atoms with E-state index in [0.717, 1.165) is 6.54 Å². The molecule has 1 aromatic carbocycles. The van der Waals surface area contributed by atoms with Crippen molar-refractivity contribution >= 4 is 17.3 Å². The predicted octanol–water partition coefficient (Wildman–Crippen LogP) is 0.877. The number of nitrogens with two attached hydrogens (primary N) is 1. The lowest BCUT2D eigenvalue weighted by molar-refractivity contribution is -0.122. The number of carbonyl (C=O) groups is 1. The van der Waals surface area contributed by atoms with E-state index >= 15 is 0 Å². The molecule has 0 aliphatic carbocycles. The van der Waals surface area contributed by atoms with E-state index in [9.17, 15) is 4.79 Å². The third-order valence-corrected chi connectivity index (χ3v) is 2.30. The van der Waals surface area contributed by atoms with Gasteiger partial charge in [0.2, 0.25) is 5.91 Å². The third kappa shape index (κ3) is 1.19. The number of hydrogen-bond acceptors (Lipinski definition) is 3. The van der Waals surface area contributed by atoms with Gasteiger partial charge in [0.25, 0.3) is 0 Å². The molecule has 1 fully saturated rings. The monoisotopic (exact) mass is 187 g/mol. The fraction of sp³-hybridized carbons (Fsp3) is 0.200. The highest BCUT2D eigenvalue weighted by atomic mass is 16.2. The van der Waals surface area contributed by atoms with Crippen LogP contribution in [0.15, 0.2) is 18.2 Å². The molecule has 0 spiro atoms. The van der Waals surface area contributed by atoms with Crippen molar-refractivity contribution in [3.63, 3.8) is 0 Å². The Kier molecular flexibility index (Phi) is 1.86. The first-order valence-corrected chi connectivity index (χ1v) is 4.32. The Labute approximate surface area is 81.5 Å². The van der Waals surface area contributed by atoms with Crippen LogP contribution in [-0.4, -0.2) is 12.5 Å². The fourth-order valence-electron chi connectivity index (χ4n) is 1.44. The van der Waals surface area contributed by atoms with Crippen LogP contribution in [0.2, 0.25) is 0 Å². The first-order chi connectivity index (χ1) is 6.72. The fourth-order valence-corrected chi connectivity index (χ4v) is 1.44. The van der Waals surface area contributed by atoms with Crippen LogP contribution in [0.5, 0.6) is 0 Å². The number of nitrogens with zero attached hydrogens (tertiary/aromatic N) is 2. The standard InChI is InChI=1S/C10H9N3O/c11-6-7-1-2-9(8(12)5-7)13-4-3-10(13)14/h1-2,5H,3-4,12H2. The van der Waals surface area contributed by atoms with Crippen molar-refractivity contribution in [2.24, 2.45) is 0 Å². The van der Waals surface area contributed by atoms with Gasteiger partial charge < -0.3 is 10.6 Å². The van der Waals surface area contributed by atoms with Crippen molar-refractivity contribution in [2.75, 3.05) is 17.2 Å². The van der Waals surface area contributed by atoms with E-state index in [1.165, 1.54) is 0 Å². The maximum atomic E-state index is 11.1. The molecular formula is C10H9N3O. The smallest absolute Gasteiger partial charge is 0.228 e.